The number of hydrogen-bond donors (Lipinski definition) is 1. The van der Waals surface area contributed by atoms with Crippen molar-refractivity contribution in [2.45, 2.75) is 85.2 Å². The first-order valence-electron chi connectivity index (χ1n) is 10.7. The van der Waals surface area contributed by atoms with Crippen LogP contribution in [0.5, 0.6) is 11.5 Å². The summed E-state index contributed by atoms with van der Waals surface area (Å²) in [6, 6.07) is 4.21. The fourth-order valence-corrected chi connectivity index (χ4v) is 3.65. The lowest BCUT2D eigenvalue weighted by Crippen LogP contribution is -2.36. The van der Waals surface area contributed by atoms with E-state index in [2.05, 4.69) is 45.9 Å². The van der Waals surface area contributed by atoms with Gasteiger partial charge in [0, 0.05) is 5.57 Å². The van der Waals surface area contributed by atoms with Crippen LogP contribution < -0.4 is 9.47 Å². The van der Waals surface area contributed by atoms with Crippen molar-refractivity contribution in [3.63, 3.8) is 0 Å². The van der Waals surface area contributed by atoms with Gasteiger partial charge < -0.3 is 14.6 Å². The van der Waals surface area contributed by atoms with E-state index >= 15 is 0 Å². The fraction of sp³-hybridized carbons (Fsp3) is 0.560. The Morgan fingerprint density at radius 1 is 1.28 bits per heavy atom. The van der Waals surface area contributed by atoms with Crippen LogP contribution in [-0.4, -0.2) is 23.3 Å². The van der Waals surface area contributed by atoms with Crippen molar-refractivity contribution < 1.29 is 19.4 Å². The molecule has 0 amide bonds. The van der Waals surface area contributed by atoms with E-state index in [1.807, 2.05) is 0 Å². The second-order valence-corrected chi connectivity index (χ2v) is 8.45. The number of rotatable bonds is 10. The molecule has 2 rings (SSSR count). The molecule has 0 saturated heterocycles. The zero-order chi connectivity index (χ0) is 21.4. The molecule has 0 bridgehead atoms. The largest absolute Gasteiger partial charge is 0.494 e. The third-order valence-corrected chi connectivity index (χ3v) is 5.56. The van der Waals surface area contributed by atoms with Crippen LogP contribution in [-0.2, 0) is 11.2 Å². The molecule has 1 aromatic carbocycles. The molecule has 0 saturated carbocycles. The lowest BCUT2D eigenvalue weighted by Gasteiger charge is -2.37. The van der Waals surface area contributed by atoms with Crippen LogP contribution in [0.25, 0.3) is 0 Å². The van der Waals surface area contributed by atoms with Gasteiger partial charge in [-0.1, -0.05) is 24.6 Å². The molecule has 0 aliphatic carbocycles. The van der Waals surface area contributed by atoms with E-state index in [0.29, 0.717) is 5.57 Å². The first-order valence-corrected chi connectivity index (χ1v) is 10.7. The number of fused-ring (bicyclic) bond motifs is 1. The first-order chi connectivity index (χ1) is 13.7. The minimum atomic E-state index is -0.839. The molecular weight excluding hydrogens is 364 g/mol. The molecule has 1 aromatic rings. The summed E-state index contributed by atoms with van der Waals surface area (Å²) in [6.45, 7) is 10.9. The predicted molar refractivity (Wildman–Crippen MR) is 118 cm³/mol. The molecule has 29 heavy (non-hydrogen) atoms. The molecule has 0 fully saturated rings. The molecule has 4 nitrogen and oxygen atoms in total. The minimum Gasteiger partial charge on any atom is -0.494 e. The van der Waals surface area contributed by atoms with Crippen LogP contribution in [0.15, 0.2) is 35.4 Å². The maximum absolute atomic E-state index is 10.8. The number of benzene rings is 1. The van der Waals surface area contributed by atoms with Gasteiger partial charge in [-0.2, -0.15) is 0 Å². The van der Waals surface area contributed by atoms with Crippen molar-refractivity contribution in [3.05, 3.63) is 46.6 Å². The summed E-state index contributed by atoms with van der Waals surface area (Å²) in [4.78, 5) is 10.8. The Bertz CT molecular complexity index is 775. The van der Waals surface area contributed by atoms with E-state index in [-0.39, 0.29) is 5.60 Å². The predicted octanol–water partition coefficient (Wildman–Crippen LogP) is 6.41. The van der Waals surface area contributed by atoms with Gasteiger partial charge in [0.25, 0.3) is 0 Å². The Morgan fingerprint density at radius 2 is 2.03 bits per heavy atom. The van der Waals surface area contributed by atoms with Crippen molar-refractivity contribution in [3.8, 4) is 11.5 Å². The molecule has 0 spiro atoms. The number of carboxylic acids is 1. The molecule has 1 aliphatic rings. The van der Waals surface area contributed by atoms with E-state index < -0.39 is 5.97 Å². The molecule has 160 valence electrons. The average molecular weight is 401 g/mol. The van der Waals surface area contributed by atoms with Crippen LogP contribution in [0.2, 0.25) is 0 Å². The Labute approximate surface area is 175 Å². The molecule has 1 heterocycles. The fourth-order valence-electron chi connectivity index (χ4n) is 3.65. The number of allylic oxidation sites excluding steroid dienone is 3. The molecule has 1 N–H and O–H groups in total. The quantitative estimate of drug-likeness (QED) is 0.364. The number of ether oxygens (including phenoxy) is 2. The number of aryl methyl sites for hydroxylation is 2. The SMILES string of the molecule is CCCOc1cc(C)c2c(c1)CC[C@@](C)(CC/C=C(\C)CC/C=C(\C)C(=O)O)O2. The zero-order valence-corrected chi connectivity index (χ0v) is 18.6. The molecule has 1 aliphatic heterocycles. The number of carbonyl (C=O) groups is 1. The highest BCUT2D eigenvalue weighted by Crippen LogP contribution is 2.40. The lowest BCUT2D eigenvalue weighted by atomic mass is 9.87. The molecule has 4 heteroatoms. The summed E-state index contributed by atoms with van der Waals surface area (Å²) in [5, 5.41) is 8.90. The second kappa shape index (κ2) is 10.5. The van der Waals surface area contributed by atoms with Crippen LogP contribution >= 0.6 is 0 Å². The van der Waals surface area contributed by atoms with Gasteiger partial charge in [-0.15, -0.1) is 0 Å². The highest BCUT2D eigenvalue weighted by molar-refractivity contribution is 5.85. The maximum Gasteiger partial charge on any atom is 0.330 e. The standard InChI is InChI=1S/C25H36O4/c1-6-15-28-22-16-20(4)23-21(17-22)12-14-25(5,29-23)13-8-10-18(2)9-7-11-19(3)24(26)27/h10-11,16-17H,6-9,12-15H2,1-5H3,(H,26,27)/b18-10+,19-11+/t25-/m1/s1. The third kappa shape index (κ3) is 6.95. The van der Waals surface area contributed by atoms with Gasteiger partial charge in [0.1, 0.15) is 17.1 Å². The van der Waals surface area contributed by atoms with Crippen molar-refractivity contribution in [2.75, 3.05) is 6.61 Å². The highest BCUT2D eigenvalue weighted by Gasteiger charge is 2.32. The molecule has 1 atom stereocenters. The van der Waals surface area contributed by atoms with E-state index in [9.17, 15) is 4.79 Å². The highest BCUT2D eigenvalue weighted by atomic mass is 16.5. The molecule has 0 radical (unpaired) electrons. The lowest BCUT2D eigenvalue weighted by molar-refractivity contribution is -0.132. The number of aliphatic carboxylic acids is 1. The van der Waals surface area contributed by atoms with Crippen molar-refractivity contribution in [1.82, 2.24) is 0 Å². The molecule has 0 unspecified atom stereocenters. The topological polar surface area (TPSA) is 55.8 Å². The second-order valence-electron chi connectivity index (χ2n) is 8.45. The van der Waals surface area contributed by atoms with Gasteiger partial charge >= 0.3 is 5.97 Å². The van der Waals surface area contributed by atoms with Gasteiger partial charge in [0.2, 0.25) is 0 Å². The average Bonchev–Trinajstić information content (AvgIpc) is 2.67. The summed E-state index contributed by atoms with van der Waals surface area (Å²) in [7, 11) is 0. The maximum atomic E-state index is 10.8. The Hall–Kier alpha value is -2.23. The zero-order valence-electron chi connectivity index (χ0n) is 18.6. The number of hydrogen-bond acceptors (Lipinski definition) is 3. The smallest absolute Gasteiger partial charge is 0.330 e. The third-order valence-electron chi connectivity index (χ3n) is 5.56. The Balaban J connectivity index is 1.91. The Kier molecular flexibility index (Phi) is 8.36. The van der Waals surface area contributed by atoms with Crippen LogP contribution in [0.1, 0.15) is 77.3 Å². The van der Waals surface area contributed by atoms with Gasteiger partial charge in [-0.05, 0) is 95.9 Å². The van der Waals surface area contributed by atoms with Crippen LogP contribution in [0.3, 0.4) is 0 Å². The van der Waals surface area contributed by atoms with E-state index in [1.54, 1.807) is 13.0 Å². The molecular formula is C25H36O4. The summed E-state index contributed by atoms with van der Waals surface area (Å²) in [5.74, 6) is 1.13. The van der Waals surface area contributed by atoms with E-state index in [0.717, 1.165) is 68.6 Å². The molecule has 0 aromatic heterocycles. The van der Waals surface area contributed by atoms with Crippen LogP contribution in [0, 0.1) is 6.92 Å². The summed E-state index contributed by atoms with van der Waals surface area (Å²) in [6.07, 6.45) is 10.7. The summed E-state index contributed by atoms with van der Waals surface area (Å²) < 4.78 is 12.3. The van der Waals surface area contributed by atoms with Crippen LogP contribution in [0.4, 0.5) is 0 Å². The Morgan fingerprint density at radius 3 is 2.72 bits per heavy atom. The number of carboxylic acid groups (broad SMARTS) is 1. The van der Waals surface area contributed by atoms with Gasteiger partial charge in [0.15, 0.2) is 0 Å². The van der Waals surface area contributed by atoms with Gasteiger partial charge in [-0.3, -0.25) is 0 Å². The van der Waals surface area contributed by atoms with E-state index in [1.165, 1.54) is 11.1 Å². The van der Waals surface area contributed by atoms with Gasteiger partial charge in [-0.25, -0.2) is 4.79 Å². The monoisotopic (exact) mass is 400 g/mol. The van der Waals surface area contributed by atoms with Crippen molar-refractivity contribution >= 4 is 5.97 Å². The normalized spacial score (nSPS) is 19.5. The minimum absolute atomic E-state index is 0.153. The first kappa shape index (κ1) is 23.1. The van der Waals surface area contributed by atoms with Crippen molar-refractivity contribution in [2.24, 2.45) is 0 Å². The van der Waals surface area contributed by atoms with Crippen molar-refractivity contribution in [1.29, 1.82) is 0 Å². The van der Waals surface area contributed by atoms with Gasteiger partial charge in [0.05, 0.1) is 6.61 Å². The summed E-state index contributed by atoms with van der Waals surface area (Å²) >= 11 is 0. The summed E-state index contributed by atoms with van der Waals surface area (Å²) in [5.41, 5.74) is 3.96. The van der Waals surface area contributed by atoms with E-state index in [4.69, 9.17) is 14.6 Å².